The van der Waals surface area contributed by atoms with Gasteiger partial charge in [0.25, 0.3) is 0 Å². The molecule has 11 heteroatoms. The Kier molecular flexibility index (Phi) is 14.5. The van der Waals surface area contributed by atoms with E-state index in [0.29, 0.717) is 19.4 Å². The molecule has 0 aromatic carbocycles. The maximum Gasteiger partial charge on any atom is 0.326 e. The van der Waals surface area contributed by atoms with Gasteiger partial charge in [-0.1, -0.05) is 27.7 Å². The third-order valence-electron chi connectivity index (χ3n) is 5.06. The summed E-state index contributed by atoms with van der Waals surface area (Å²) in [7, 11) is 0. The zero-order valence-electron chi connectivity index (χ0n) is 20.5. The van der Waals surface area contributed by atoms with Crippen molar-refractivity contribution >= 4 is 23.7 Å². The number of unbranched alkanes of at least 4 members (excludes halogenated alkanes) is 1. The lowest BCUT2D eigenvalue weighted by Gasteiger charge is -2.26. The molecule has 33 heavy (non-hydrogen) atoms. The molecule has 192 valence electrons. The van der Waals surface area contributed by atoms with Crippen molar-refractivity contribution in [3.8, 4) is 0 Å². The number of carboxylic acids is 1. The maximum atomic E-state index is 13.0. The zero-order valence-corrected chi connectivity index (χ0v) is 20.5. The first kappa shape index (κ1) is 30.8. The summed E-state index contributed by atoms with van der Waals surface area (Å²) in [4.78, 5) is 49.7. The van der Waals surface area contributed by atoms with Crippen LogP contribution in [0.5, 0.6) is 0 Å². The van der Waals surface area contributed by atoms with Crippen LogP contribution < -0.4 is 27.4 Å². The Hall–Kier alpha value is -2.24. The van der Waals surface area contributed by atoms with E-state index in [1.54, 1.807) is 0 Å². The molecule has 3 amide bonds. The summed E-state index contributed by atoms with van der Waals surface area (Å²) in [5.74, 6) is -2.95. The molecule has 0 saturated carbocycles. The van der Waals surface area contributed by atoms with Crippen molar-refractivity contribution in [2.45, 2.75) is 97.0 Å². The Labute approximate surface area is 196 Å². The third kappa shape index (κ3) is 12.5. The van der Waals surface area contributed by atoms with Crippen molar-refractivity contribution in [2.75, 3.05) is 6.54 Å². The molecule has 11 nitrogen and oxygen atoms in total. The van der Waals surface area contributed by atoms with Crippen molar-refractivity contribution < 1.29 is 29.4 Å². The van der Waals surface area contributed by atoms with Crippen LogP contribution in [0.1, 0.15) is 66.7 Å². The third-order valence-corrected chi connectivity index (χ3v) is 5.06. The molecule has 9 N–H and O–H groups in total. The monoisotopic (exact) mass is 473 g/mol. The summed E-state index contributed by atoms with van der Waals surface area (Å²) in [5, 5.41) is 26.7. The molecule has 0 heterocycles. The number of nitrogens with one attached hydrogen (secondary N) is 3. The number of aliphatic carboxylic acids is 1. The minimum absolute atomic E-state index is 0.0309. The van der Waals surface area contributed by atoms with Crippen molar-refractivity contribution in [3.05, 3.63) is 0 Å². The average molecular weight is 474 g/mol. The van der Waals surface area contributed by atoms with Crippen LogP contribution in [0.4, 0.5) is 0 Å². The SMILES string of the molecule is CC(C)CC(NC(=O)C(CC(C)C)NC(=O)C(CCCCN)NC(=O)C(N)C(C)O)C(=O)O. The van der Waals surface area contributed by atoms with Crippen molar-refractivity contribution in [1.29, 1.82) is 0 Å². The van der Waals surface area contributed by atoms with Crippen LogP contribution >= 0.6 is 0 Å². The number of rotatable bonds is 16. The molecular formula is C22H43N5O6. The highest BCUT2D eigenvalue weighted by Crippen LogP contribution is 2.10. The van der Waals surface area contributed by atoms with E-state index < -0.39 is 54.0 Å². The minimum Gasteiger partial charge on any atom is -0.480 e. The molecule has 0 bridgehead atoms. The van der Waals surface area contributed by atoms with Crippen LogP contribution in [0.15, 0.2) is 0 Å². The molecule has 0 aliphatic rings. The van der Waals surface area contributed by atoms with Gasteiger partial charge in [-0.15, -0.1) is 0 Å². The number of hydrogen-bond acceptors (Lipinski definition) is 7. The Morgan fingerprint density at radius 2 is 1.21 bits per heavy atom. The van der Waals surface area contributed by atoms with Crippen molar-refractivity contribution in [1.82, 2.24) is 16.0 Å². The molecule has 0 spiro atoms. The molecule has 0 saturated heterocycles. The molecule has 0 fully saturated rings. The Morgan fingerprint density at radius 1 is 0.758 bits per heavy atom. The van der Waals surface area contributed by atoms with E-state index >= 15 is 0 Å². The first-order valence-electron chi connectivity index (χ1n) is 11.6. The van der Waals surface area contributed by atoms with Crippen LogP contribution in [-0.2, 0) is 19.2 Å². The Morgan fingerprint density at radius 3 is 1.67 bits per heavy atom. The van der Waals surface area contributed by atoms with Gasteiger partial charge >= 0.3 is 5.97 Å². The topological polar surface area (TPSA) is 197 Å². The summed E-state index contributed by atoms with van der Waals surface area (Å²) in [6, 6.07) is -4.25. The predicted octanol–water partition coefficient (Wildman–Crippen LogP) is -0.545. The van der Waals surface area contributed by atoms with Gasteiger partial charge in [-0.25, -0.2) is 4.79 Å². The smallest absolute Gasteiger partial charge is 0.326 e. The Balaban J connectivity index is 5.51. The van der Waals surface area contributed by atoms with Crippen LogP contribution in [-0.4, -0.2) is 70.7 Å². The fourth-order valence-corrected chi connectivity index (χ4v) is 3.19. The van der Waals surface area contributed by atoms with Gasteiger partial charge in [0.15, 0.2) is 0 Å². The molecular weight excluding hydrogens is 430 g/mol. The first-order valence-corrected chi connectivity index (χ1v) is 11.6. The number of aliphatic hydroxyl groups excluding tert-OH is 1. The number of carboxylic acid groups (broad SMARTS) is 1. The van der Waals surface area contributed by atoms with Gasteiger partial charge in [-0.3, -0.25) is 14.4 Å². The van der Waals surface area contributed by atoms with Gasteiger partial charge in [-0.05, 0) is 57.4 Å². The molecule has 0 aromatic rings. The lowest BCUT2D eigenvalue weighted by molar-refractivity contribution is -0.143. The second-order valence-electron chi connectivity index (χ2n) is 9.33. The zero-order chi connectivity index (χ0) is 25.7. The van der Waals surface area contributed by atoms with Crippen LogP contribution in [0, 0.1) is 11.8 Å². The highest BCUT2D eigenvalue weighted by Gasteiger charge is 2.31. The van der Waals surface area contributed by atoms with Crippen LogP contribution in [0.2, 0.25) is 0 Å². The minimum atomic E-state index is -1.21. The molecule has 0 radical (unpaired) electrons. The maximum absolute atomic E-state index is 13.0. The van der Waals surface area contributed by atoms with E-state index in [9.17, 15) is 29.4 Å². The van der Waals surface area contributed by atoms with E-state index in [2.05, 4.69) is 16.0 Å². The van der Waals surface area contributed by atoms with Gasteiger partial charge in [0.2, 0.25) is 17.7 Å². The predicted molar refractivity (Wildman–Crippen MR) is 125 cm³/mol. The normalized spacial score (nSPS) is 15.9. The van der Waals surface area contributed by atoms with E-state index in [4.69, 9.17) is 11.5 Å². The molecule has 0 aliphatic heterocycles. The lowest BCUT2D eigenvalue weighted by Crippen LogP contribution is -2.58. The first-order chi connectivity index (χ1) is 15.3. The number of hydrogen-bond donors (Lipinski definition) is 7. The van der Waals surface area contributed by atoms with Gasteiger partial charge in [0, 0.05) is 0 Å². The largest absolute Gasteiger partial charge is 0.480 e. The van der Waals surface area contributed by atoms with E-state index in [1.165, 1.54) is 6.92 Å². The fourth-order valence-electron chi connectivity index (χ4n) is 3.19. The van der Waals surface area contributed by atoms with Crippen molar-refractivity contribution in [2.24, 2.45) is 23.3 Å². The van der Waals surface area contributed by atoms with Crippen molar-refractivity contribution in [3.63, 3.8) is 0 Å². The number of carbonyl (C=O) groups is 4. The highest BCUT2D eigenvalue weighted by molar-refractivity contribution is 5.94. The van der Waals surface area contributed by atoms with E-state index in [-0.39, 0.29) is 31.1 Å². The standard InChI is InChI=1S/C22H43N5O6/c1-12(2)10-16(20(30)27-17(22(32)33)11-13(3)4)26-19(29)15(8-6-7-9-23)25-21(31)18(24)14(5)28/h12-18,28H,6-11,23-24H2,1-5H3,(H,25,31)(H,26,29)(H,27,30)(H,32,33). The van der Waals surface area contributed by atoms with Gasteiger partial charge in [0.1, 0.15) is 24.2 Å². The average Bonchev–Trinajstić information content (AvgIpc) is 2.70. The van der Waals surface area contributed by atoms with Gasteiger partial charge in [-0.2, -0.15) is 0 Å². The van der Waals surface area contributed by atoms with Gasteiger partial charge < -0.3 is 37.6 Å². The van der Waals surface area contributed by atoms with E-state index in [1.807, 2.05) is 27.7 Å². The number of nitrogens with two attached hydrogens (primary N) is 2. The molecule has 0 aliphatic carbocycles. The molecule has 5 atom stereocenters. The van der Waals surface area contributed by atoms with E-state index in [0.717, 1.165) is 0 Å². The van der Waals surface area contributed by atoms with Crippen LogP contribution in [0.3, 0.4) is 0 Å². The lowest BCUT2D eigenvalue weighted by atomic mass is 9.99. The summed E-state index contributed by atoms with van der Waals surface area (Å²) < 4.78 is 0. The molecule has 5 unspecified atom stereocenters. The number of aliphatic hydroxyl groups is 1. The summed E-state index contributed by atoms with van der Waals surface area (Å²) >= 11 is 0. The van der Waals surface area contributed by atoms with Crippen LogP contribution in [0.25, 0.3) is 0 Å². The summed E-state index contributed by atoms with van der Waals surface area (Å²) in [5.41, 5.74) is 11.2. The number of amides is 3. The summed E-state index contributed by atoms with van der Waals surface area (Å²) in [6.07, 6.45) is 0.873. The number of carbonyl (C=O) groups excluding carboxylic acids is 3. The molecule has 0 aromatic heterocycles. The second-order valence-corrected chi connectivity index (χ2v) is 9.33. The fraction of sp³-hybridized carbons (Fsp3) is 0.818. The Bertz CT molecular complexity index is 641. The van der Waals surface area contributed by atoms with Gasteiger partial charge in [0.05, 0.1) is 6.10 Å². The quantitative estimate of drug-likeness (QED) is 0.145. The second kappa shape index (κ2) is 15.6. The highest BCUT2D eigenvalue weighted by atomic mass is 16.4. The molecule has 0 rings (SSSR count). The summed E-state index contributed by atoms with van der Waals surface area (Å²) in [6.45, 7) is 9.23.